The Morgan fingerprint density at radius 3 is 2.93 bits per heavy atom. The largest absolute Gasteiger partial charge is 0.325 e. The fourth-order valence-corrected chi connectivity index (χ4v) is 2.71. The molecule has 1 unspecified atom stereocenters. The van der Waals surface area contributed by atoms with Crippen molar-refractivity contribution in [3.8, 4) is 0 Å². The molecule has 0 amide bonds. The molecule has 0 saturated heterocycles. The van der Waals surface area contributed by atoms with E-state index >= 15 is 0 Å². The summed E-state index contributed by atoms with van der Waals surface area (Å²) in [7, 11) is 0. The highest BCUT2D eigenvalue weighted by Gasteiger charge is 2.38. The third-order valence-corrected chi connectivity index (χ3v) is 4.04. The van der Waals surface area contributed by atoms with Crippen molar-refractivity contribution < 1.29 is 0 Å². The lowest BCUT2D eigenvalue weighted by Crippen LogP contribution is -2.24. The van der Waals surface area contributed by atoms with Gasteiger partial charge < -0.3 is 5.73 Å². The normalized spacial score (nSPS) is 26.4. The van der Waals surface area contributed by atoms with E-state index in [0.29, 0.717) is 0 Å². The highest BCUT2D eigenvalue weighted by Crippen LogP contribution is 2.38. The second-order valence-corrected chi connectivity index (χ2v) is 5.51. The van der Waals surface area contributed by atoms with Crippen LogP contribution in [0.25, 0.3) is 0 Å². The number of benzene rings is 1. The highest BCUT2D eigenvalue weighted by molar-refractivity contribution is 5.39. The molecule has 2 aliphatic carbocycles. The molecule has 1 heteroatoms. The van der Waals surface area contributed by atoms with Gasteiger partial charge in [0.1, 0.15) is 0 Å². The molecule has 0 aliphatic heterocycles. The van der Waals surface area contributed by atoms with Crippen LogP contribution in [0.15, 0.2) is 18.2 Å². The number of hydrogen-bond acceptors (Lipinski definition) is 1. The van der Waals surface area contributed by atoms with Crippen LogP contribution in [0.2, 0.25) is 0 Å². The van der Waals surface area contributed by atoms with Gasteiger partial charge >= 0.3 is 0 Å². The SMILES string of the molecule is CC1CCc2ccc(CC3(N)CC3)cc21. The maximum atomic E-state index is 6.16. The van der Waals surface area contributed by atoms with Crippen LogP contribution in [0, 0.1) is 0 Å². The number of rotatable bonds is 2. The minimum Gasteiger partial charge on any atom is -0.325 e. The maximum Gasteiger partial charge on any atom is 0.0196 e. The van der Waals surface area contributed by atoms with Gasteiger partial charge in [-0.15, -0.1) is 0 Å². The molecule has 0 bridgehead atoms. The summed E-state index contributed by atoms with van der Waals surface area (Å²) in [5, 5.41) is 0. The molecule has 2 aliphatic rings. The molecule has 1 fully saturated rings. The van der Waals surface area contributed by atoms with E-state index in [4.69, 9.17) is 5.73 Å². The van der Waals surface area contributed by atoms with Crippen LogP contribution < -0.4 is 5.73 Å². The minimum atomic E-state index is 0.149. The third kappa shape index (κ3) is 1.69. The van der Waals surface area contributed by atoms with E-state index in [2.05, 4.69) is 25.1 Å². The van der Waals surface area contributed by atoms with Crippen molar-refractivity contribution in [2.45, 2.75) is 50.5 Å². The van der Waals surface area contributed by atoms with Gasteiger partial charge in [-0.1, -0.05) is 25.1 Å². The van der Waals surface area contributed by atoms with Crippen LogP contribution in [0.1, 0.15) is 48.8 Å². The monoisotopic (exact) mass is 201 g/mol. The molecule has 1 aromatic rings. The molecule has 2 N–H and O–H groups in total. The summed E-state index contributed by atoms with van der Waals surface area (Å²) in [6.07, 6.45) is 6.09. The van der Waals surface area contributed by atoms with Gasteiger partial charge in [0.15, 0.2) is 0 Å². The second kappa shape index (κ2) is 3.08. The van der Waals surface area contributed by atoms with Crippen molar-refractivity contribution in [2.75, 3.05) is 0 Å². The Balaban J connectivity index is 1.88. The van der Waals surface area contributed by atoms with Gasteiger partial charge in [0, 0.05) is 5.54 Å². The molecule has 0 radical (unpaired) electrons. The fraction of sp³-hybridized carbons (Fsp3) is 0.571. The molecule has 1 nitrogen and oxygen atoms in total. The van der Waals surface area contributed by atoms with Gasteiger partial charge in [-0.2, -0.15) is 0 Å². The van der Waals surface area contributed by atoms with Crippen molar-refractivity contribution in [3.05, 3.63) is 34.9 Å². The van der Waals surface area contributed by atoms with Gasteiger partial charge in [0.2, 0.25) is 0 Å². The summed E-state index contributed by atoms with van der Waals surface area (Å²) in [4.78, 5) is 0. The maximum absolute atomic E-state index is 6.16. The van der Waals surface area contributed by atoms with Gasteiger partial charge in [-0.25, -0.2) is 0 Å². The van der Waals surface area contributed by atoms with E-state index in [1.54, 1.807) is 11.1 Å². The highest BCUT2D eigenvalue weighted by atomic mass is 14.8. The predicted octanol–water partition coefficient (Wildman–Crippen LogP) is 2.77. The van der Waals surface area contributed by atoms with E-state index in [0.717, 1.165) is 12.3 Å². The zero-order valence-corrected chi connectivity index (χ0v) is 9.42. The molecule has 1 saturated carbocycles. The lowest BCUT2D eigenvalue weighted by atomic mass is 9.97. The minimum absolute atomic E-state index is 0.149. The number of hydrogen-bond donors (Lipinski definition) is 1. The van der Waals surface area contributed by atoms with Crippen molar-refractivity contribution >= 4 is 0 Å². The van der Waals surface area contributed by atoms with Crippen LogP contribution in [0.5, 0.6) is 0 Å². The van der Waals surface area contributed by atoms with Crippen molar-refractivity contribution in [1.29, 1.82) is 0 Å². The van der Waals surface area contributed by atoms with Crippen LogP contribution >= 0.6 is 0 Å². The van der Waals surface area contributed by atoms with Crippen LogP contribution in [0.4, 0.5) is 0 Å². The fourth-order valence-electron chi connectivity index (χ4n) is 2.71. The van der Waals surface area contributed by atoms with Gasteiger partial charge in [-0.05, 0) is 54.7 Å². The molecule has 1 atom stereocenters. The number of nitrogens with two attached hydrogens (primary N) is 1. The lowest BCUT2D eigenvalue weighted by molar-refractivity contribution is 0.670. The molecule has 15 heavy (non-hydrogen) atoms. The average molecular weight is 201 g/mol. The van der Waals surface area contributed by atoms with Crippen molar-refractivity contribution in [3.63, 3.8) is 0 Å². The van der Waals surface area contributed by atoms with Gasteiger partial charge in [-0.3, -0.25) is 0 Å². The summed E-state index contributed by atoms with van der Waals surface area (Å²) in [5.74, 6) is 0.757. The van der Waals surface area contributed by atoms with E-state index in [9.17, 15) is 0 Å². The molecule has 0 aromatic heterocycles. The molecule has 0 spiro atoms. The first-order valence-electron chi connectivity index (χ1n) is 6.07. The summed E-state index contributed by atoms with van der Waals surface area (Å²) < 4.78 is 0. The topological polar surface area (TPSA) is 26.0 Å². The molecule has 3 rings (SSSR count). The first-order chi connectivity index (χ1) is 7.16. The lowest BCUT2D eigenvalue weighted by Gasteiger charge is -2.11. The average Bonchev–Trinajstić information content (AvgIpc) is 2.82. The zero-order chi connectivity index (χ0) is 10.5. The Kier molecular flexibility index (Phi) is 1.93. The third-order valence-electron chi connectivity index (χ3n) is 4.04. The summed E-state index contributed by atoms with van der Waals surface area (Å²) in [6, 6.07) is 7.00. The van der Waals surface area contributed by atoms with Crippen LogP contribution in [-0.4, -0.2) is 5.54 Å². The molecule has 1 aromatic carbocycles. The molecular formula is C14H19N. The smallest absolute Gasteiger partial charge is 0.0196 e. The quantitative estimate of drug-likeness (QED) is 0.782. The molecule has 80 valence electrons. The van der Waals surface area contributed by atoms with Crippen molar-refractivity contribution in [2.24, 2.45) is 5.73 Å². The second-order valence-electron chi connectivity index (χ2n) is 5.51. The Bertz CT molecular complexity index is 390. The number of aryl methyl sites for hydroxylation is 1. The predicted molar refractivity (Wildman–Crippen MR) is 63.0 cm³/mol. The Hall–Kier alpha value is -0.820. The first-order valence-corrected chi connectivity index (χ1v) is 6.07. The Morgan fingerprint density at radius 2 is 2.20 bits per heavy atom. The van der Waals surface area contributed by atoms with E-state index in [-0.39, 0.29) is 5.54 Å². The summed E-state index contributed by atoms with van der Waals surface area (Å²) in [6.45, 7) is 2.34. The Labute approximate surface area is 91.7 Å². The van der Waals surface area contributed by atoms with Crippen molar-refractivity contribution in [1.82, 2.24) is 0 Å². The number of fused-ring (bicyclic) bond motifs is 1. The first kappa shape index (κ1) is 9.41. The van der Waals surface area contributed by atoms with Crippen LogP contribution in [0.3, 0.4) is 0 Å². The molecule has 0 heterocycles. The zero-order valence-electron chi connectivity index (χ0n) is 9.42. The van der Waals surface area contributed by atoms with Gasteiger partial charge in [0.05, 0.1) is 0 Å². The Morgan fingerprint density at radius 1 is 1.40 bits per heavy atom. The van der Waals surface area contributed by atoms with E-state index in [1.807, 2.05) is 0 Å². The van der Waals surface area contributed by atoms with E-state index in [1.165, 1.54) is 31.2 Å². The van der Waals surface area contributed by atoms with Crippen LogP contribution in [-0.2, 0) is 12.8 Å². The summed E-state index contributed by atoms with van der Waals surface area (Å²) in [5.41, 5.74) is 10.9. The van der Waals surface area contributed by atoms with Gasteiger partial charge in [0.25, 0.3) is 0 Å². The van der Waals surface area contributed by atoms with E-state index < -0.39 is 0 Å². The summed E-state index contributed by atoms with van der Waals surface area (Å²) >= 11 is 0. The molecular weight excluding hydrogens is 182 g/mol. The standard InChI is InChI=1S/C14H19N/c1-10-2-4-12-5-3-11(8-13(10)12)9-14(15)6-7-14/h3,5,8,10H,2,4,6-7,9,15H2,1H3.